The maximum Gasteiger partial charge on any atom is 0.330 e. The Bertz CT molecular complexity index is 613. The largest absolute Gasteiger partial charge is 0.460 e. The summed E-state index contributed by atoms with van der Waals surface area (Å²) >= 11 is 0. The molecule has 0 amide bonds. The second-order valence-corrected chi connectivity index (χ2v) is 10.4. The predicted molar refractivity (Wildman–Crippen MR) is 157 cm³/mol. The van der Waals surface area contributed by atoms with Crippen LogP contribution >= 0.6 is 0 Å². The molecule has 3 aliphatic carbocycles. The number of hydrogen-bond donors (Lipinski definition) is 0. The summed E-state index contributed by atoms with van der Waals surface area (Å²) in [4.78, 5) is 21.2. The van der Waals surface area contributed by atoms with Crippen molar-refractivity contribution in [3.63, 3.8) is 0 Å². The Balaban J connectivity index is 0.000000304. The van der Waals surface area contributed by atoms with Crippen molar-refractivity contribution in [3.05, 3.63) is 25.3 Å². The molecule has 0 saturated heterocycles. The van der Waals surface area contributed by atoms with Gasteiger partial charge in [-0.1, -0.05) is 19.6 Å². The van der Waals surface area contributed by atoms with Crippen LogP contribution in [-0.4, -0.2) is 78.0 Å². The maximum atomic E-state index is 10.6. The van der Waals surface area contributed by atoms with Gasteiger partial charge >= 0.3 is 11.9 Å². The molecule has 0 aromatic rings. The molecule has 0 aliphatic heterocycles. The highest BCUT2D eigenvalue weighted by molar-refractivity contribution is 5.81. The summed E-state index contributed by atoms with van der Waals surface area (Å²) in [6.45, 7) is 16.4. The lowest BCUT2D eigenvalue weighted by Crippen LogP contribution is -2.15. The number of carbonyl (C=O) groups excluding carboxylic acids is 2. The lowest BCUT2D eigenvalue weighted by Gasteiger charge is -2.23. The highest BCUT2D eigenvalue weighted by Gasteiger charge is 2.48. The Labute approximate surface area is 243 Å². The van der Waals surface area contributed by atoms with Crippen LogP contribution in [0.1, 0.15) is 78.1 Å². The van der Waals surface area contributed by atoms with E-state index < -0.39 is 11.9 Å². The minimum atomic E-state index is -0.407. The summed E-state index contributed by atoms with van der Waals surface area (Å²) in [5.74, 6) is 3.98. The van der Waals surface area contributed by atoms with Crippen LogP contribution < -0.4 is 0 Å². The second kappa shape index (κ2) is 25.0. The van der Waals surface area contributed by atoms with Crippen LogP contribution in [0.25, 0.3) is 0 Å². The first kappa shape index (κ1) is 36.3. The molecule has 8 heteroatoms. The van der Waals surface area contributed by atoms with Gasteiger partial charge in [0.05, 0.1) is 13.2 Å². The molecule has 0 heterocycles. The van der Waals surface area contributed by atoms with Crippen molar-refractivity contribution < 1.29 is 38.0 Å². The minimum absolute atomic E-state index is 0.288. The van der Waals surface area contributed by atoms with Crippen molar-refractivity contribution in [2.75, 3.05) is 66.1 Å². The number of hydrogen-bond acceptors (Lipinski definition) is 8. The summed E-state index contributed by atoms with van der Waals surface area (Å²) in [5, 5.41) is 0. The van der Waals surface area contributed by atoms with Gasteiger partial charge in [0.2, 0.25) is 0 Å². The zero-order valence-electron chi connectivity index (χ0n) is 25.3. The van der Waals surface area contributed by atoms with Gasteiger partial charge in [0.15, 0.2) is 0 Å². The maximum absolute atomic E-state index is 10.6. The van der Waals surface area contributed by atoms with E-state index in [-0.39, 0.29) is 13.2 Å². The molecule has 8 nitrogen and oxygen atoms in total. The topological polar surface area (TPSA) is 89.5 Å². The van der Waals surface area contributed by atoms with Gasteiger partial charge in [-0.15, -0.1) is 0 Å². The lowest BCUT2D eigenvalue weighted by molar-refractivity contribution is -0.140. The van der Waals surface area contributed by atoms with Crippen LogP contribution in [0.15, 0.2) is 25.3 Å². The molecular formula is C32H56O8. The van der Waals surface area contributed by atoms with E-state index in [9.17, 15) is 9.59 Å². The fourth-order valence-electron chi connectivity index (χ4n) is 5.85. The SMILES string of the molecule is C1CC2C3CCC(C3)C2C1.C=CC(=O)OCCOCCCCOCC.C=CC(=O)OCCOCCCCOCC. The van der Waals surface area contributed by atoms with Gasteiger partial charge in [-0.05, 0) is 95.3 Å². The van der Waals surface area contributed by atoms with Crippen LogP contribution in [0.4, 0.5) is 0 Å². The summed E-state index contributed by atoms with van der Waals surface area (Å²) in [6.07, 6.45) is 15.8. The van der Waals surface area contributed by atoms with Gasteiger partial charge in [-0.3, -0.25) is 0 Å². The monoisotopic (exact) mass is 568 g/mol. The first-order chi connectivity index (χ1) is 19.6. The molecule has 0 radical (unpaired) electrons. The zero-order valence-corrected chi connectivity index (χ0v) is 25.3. The molecule has 0 aromatic heterocycles. The van der Waals surface area contributed by atoms with E-state index >= 15 is 0 Å². The Morgan fingerprint density at radius 1 is 0.600 bits per heavy atom. The average Bonchev–Trinajstić information content (AvgIpc) is 3.72. The van der Waals surface area contributed by atoms with E-state index in [1.807, 2.05) is 13.8 Å². The summed E-state index contributed by atoms with van der Waals surface area (Å²) in [6, 6.07) is 0. The predicted octanol–water partition coefficient (Wildman–Crippen LogP) is 5.93. The first-order valence-corrected chi connectivity index (χ1v) is 15.5. The lowest BCUT2D eigenvalue weighted by atomic mass is 9.82. The van der Waals surface area contributed by atoms with E-state index in [1.165, 1.54) is 23.7 Å². The van der Waals surface area contributed by atoms with Crippen molar-refractivity contribution in [1.82, 2.24) is 0 Å². The normalized spacial score (nSPS) is 21.9. The van der Waals surface area contributed by atoms with Crippen molar-refractivity contribution >= 4 is 11.9 Å². The third kappa shape index (κ3) is 17.2. The van der Waals surface area contributed by atoms with Crippen LogP contribution in [-0.2, 0) is 38.0 Å². The van der Waals surface area contributed by atoms with Crippen molar-refractivity contribution in [1.29, 1.82) is 0 Å². The number of esters is 2. The van der Waals surface area contributed by atoms with Gasteiger partial charge in [0, 0.05) is 51.8 Å². The van der Waals surface area contributed by atoms with Gasteiger partial charge in [-0.2, -0.15) is 0 Å². The molecule has 232 valence electrons. The Morgan fingerprint density at radius 2 is 1.00 bits per heavy atom. The molecule has 3 rings (SSSR count). The second-order valence-electron chi connectivity index (χ2n) is 10.4. The summed E-state index contributed by atoms with van der Waals surface area (Å²) < 4.78 is 30.3. The number of fused-ring (bicyclic) bond motifs is 5. The fourth-order valence-corrected chi connectivity index (χ4v) is 5.85. The molecular weight excluding hydrogens is 512 g/mol. The quantitative estimate of drug-likeness (QED) is 0.101. The highest BCUT2D eigenvalue weighted by atomic mass is 16.6. The summed E-state index contributed by atoms with van der Waals surface area (Å²) in [5.41, 5.74) is 0. The molecule has 4 atom stereocenters. The van der Waals surface area contributed by atoms with Crippen LogP contribution in [0, 0.1) is 23.7 Å². The van der Waals surface area contributed by atoms with Crippen LogP contribution in [0.5, 0.6) is 0 Å². The number of unbranched alkanes of at least 4 members (excludes halogenated alkanes) is 2. The molecule has 0 N–H and O–H groups in total. The fraction of sp³-hybridized carbons (Fsp3) is 0.812. The van der Waals surface area contributed by atoms with E-state index in [0.29, 0.717) is 26.4 Å². The Kier molecular flexibility index (Phi) is 22.7. The third-order valence-electron chi connectivity index (χ3n) is 7.69. The third-order valence-corrected chi connectivity index (χ3v) is 7.69. The van der Waals surface area contributed by atoms with Gasteiger partial charge in [0.25, 0.3) is 0 Å². The number of rotatable bonds is 20. The Morgan fingerprint density at radius 3 is 1.38 bits per heavy atom. The summed E-state index contributed by atoms with van der Waals surface area (Å²) in [7, 11) is 0. The van der Waals surface area contributed by atoms with Crippen molar-refractivity contribution in [3.8, 4) is 0 Å². The zero-order chi connectivity index (χ0) is 29.3. The first-order valence-electron chi connectivity index (χ1n) is 15.5. The molecule has 40 heavy (non-hydrogen) atoms. The molecule has 0 spiro atoms. The van der Waals surface area contributed by atoms with Gasteiger partial charge < -0.3 is 28.4 Å². The van der Waals surface area contributed by atoms with Gasteiger partial charge in [0.1, 0.15) is 13.2 Å². The molecule has 3 aliphatic rings. The van der Waals surface area contributed by atoms with E-state index in [4.69, 9.17) is 28.4 Å². The smallest absolute Gasteiger partial charge is 0.330 e. The minimum Gasteiger partial charge on any atom is -0.460 e. The standard InChI is InChI=1S/2C11H20O4.C10H16/c2*1-3-11(12)15-10-9-14-8-6-5-7-13-4-2;1-2-9-7-4-5-8(6-7)10(9)3-1/h2*3H,1,4-10H2,2H3;7-10H,1-6H2. The molecule has 3 saturated carbocycles. The molecule has 4 unspecified atom stereocenters. The van der Waals surface area contributed by atoms with Crippen LogP contribution in [0.3, 0.4) is 0 Å². The number of carbonyl (C=O) groups is 2. The van der Waals surface area contributed by atoms with Gasteiger partial charge in [-0.25, -0.2) is 9.59 Å². The van der Waals surface area contributed by atoms with E-state index in [1.54, 1.807) is 38.5 Å². The van der Waals surface area contributed by atoms with Crippen molar-refractivity contribution in [2.45, 2.75) is 78.1 Å². The van der Waals surface area contributed by atoms with E-state index in [2.05, 4.69) is 13.2 Å². The Hall–Kier alpha value is -1.74. The average molecular weight is 569 g/mol. The molecule has 3 fully saturated rings. The molecule has 0 aromatic carbocycles. The van der Waals surface area contributed by atoms with E-state index in [0.717, 1.165) is 64.3 Å². The van der Waals surface area contributed by atoms with Crippen LogP contribution in [0.2, 0.25) is 0 Å². The van der Waals surface area contributed by atoms with Crippen molar-refractivity contribution in [2.24, 2.45) is 23.7 Å². The molecule has 2 bridgehead atoms. The highest BCUT2D eigenvalue weighted by Crippen LogP contribution is 2.58. The number of ether oxygens (including phenoxy) is 6.